The molecule has 1 amide bonds. The van der Waals surface area contributed by atoms with Crippen molar-refractivity contribution in [2.45, 2.75) is 6.42 Å². The number of carbonyl (C=O) groups is 1. The molecular weight excluding hydrogens is 248 g/mol. The van der Waals surface area contributed by atoms with Gasteiger partial charge in [0.05, 0.1) is 6.42 Å². The van der Waals surface area contributed by atoms with Crippen molar-refractivity contribution in [2.75, 3.05) is 14.1 Å². The Balaban J connectivity index is 2.39. The van der Waals surface area contributed by atoms with Crippen molar-refractivity contribution >= 4 is 16.7 Å². The lowest BCUT2D eigenvalue weighted by atomic mass is 9.99. The van der Waals surface area contributed by atoms with Gasteiger partial charge >= 0.3 is 0 Å². The normalized spacial score (nSPS) is 11.0. The number of hydrogen-bond donors (Lipinski definition) is 0. The molecule has 0 aliphatic carbocycles. The molecule has 2 nitrogen and oxygen atoms in total. The molecule has 0 spiro atoms. The lowest BCUT2D eigenvalue weighted by Gasteiger charge is -2.14. The first-order chi connectivity index (χ1) is 8.99. The van der Waals surface area contributed by atoms with Crippen LogP contribution in [-0.4, -0.2) is 24.9 Å². The van der Waals surface area contributed by atoms with Gasteiger partial charge in [-0.2, -0.15) is 0 Å². The molecule has 0 unspecified atom stereocenters. The molecule has 4 heteroatoms. The van der Waals surface area contributed by atoms with E-state index in [1.807, 2.05) is 0 Å². The number of nitrogens with zero attached hydrogens (tertiary/aromatic N) is 1. The highest BCUT2D eigenvalue weighted by molar-refractivity contribution is 5.88. The highest BCUT2D eigenvalue weighted by Crippen LogP contribution is 2.29. The SMILES string of the molecule is CN(C)C(=O)C[C](F)c1cccc2ccc(F)cc12. The van der Waals surface area contributed by atoms with Crippen LogP contribution in [0.25, 0.3) is 10.8 Å². The summed E-state index contributed by atoms with van der Waals surface area (Å²) >= 11 is 0. The van der Waals surface area contributed by atoms with Gasteiger partial charge in [0.1, 0.15) is 5.82 Å². The molecule has 0 heterocycles. The van der Waals surface area contributed by atoms with Gasteiger partial charge < -0.3 is 4.90 Å². The van der Waals surface area contributed by atoms with Gasteiger partial charge in [-0.3, -0.25) is 4.79 Å². The van der Waals surface area contributed by atoms with Crippen LogP contribution in [0.5, 0.6) is 0 Å². The van der Waals surface area contributed by atoms with E-state index >= 15 is 0 Å². The van der Waals surface area contributed by atoms with Crippen LogP contribution in [0.4, 0.5) is 8.78 Å². The van der Waals surface area contributed by atoms with Crippen molar-refractivity contribution in [2.24, 2.45) is 0 Å². The Kier molecular flexibility index (Phi) is 3.79. The average molecular weight is 262 g/mol. The summed E-state index contributed by atoms with van der Waals surface area (Å²) < 4.78 is 27.4. The summed E-state index contributed by atoms with van der Waals surface area (Å²) in [6.07, 6.45) is -0.863. The van der Waals surface area contributed by atoms with Crippen molar-refractivity contribution in [1.82, 2.24) is 4.90 Å². The van der Waals surface area contributed by atoms with Crippen molar-refractivity contribution in [3.05, 3.63) is 54.0 Å². The number of carbonyl (C=O) groups excluding carboxylic acids is 1. The van der Waals surface area contributed by atoms with Crippen molar-refractivity contribution in [1.29, 1.82) is 0 Å². The maximum absolute atomic E-state index is 14.2. The van der Waals surface area contributed by atoms with E-state index in [4.69, 9.17) is 0 Å². The summed E-state index contributed by atoms with van der Waals surface area (Å²) in [5, 5.41) is 1.22. The van der Waals surface area contributed by atoms with Crippen LogP contribution in [-0.2, 0) is 4.79 Å². The first-order valence-electron chi connectivity index (χ1n) is 5.89. The molecular formula is C15H14F2NO. The minimum absolute atomic E-state index is 0.271. The van der Waals surface area contributed by atoms with Crippen LogP contribution < -0.4 is 0 Å². The Labute approximate surface area is 110 Å². The third-order valence-corrected chi connectivity index (χ3v) is 2.94. The van der Waals surface area contributed by atoms with Crippen LogP contribution in [0.15, 0.2) is 36.4 Å². The zero-order valence-electron chi connectivity index (χ0n) is 10.8. The Bertz CT molecular complexity index is 610. The van der Waals surface area contributed by atoms with E-state index in [2.05, 4.69) is 0 Å². The minimum Gasteiger partial charge on any atom is -0.349 e. The van der Waals surface area contributed by atoms with Crippen LogP contribution in [0, 0.1) is 12.0 Å². The van der Waals surface area contributed by atoms with Crippen LogP contribution in [0.3, 0.4) is 0 Å². The van der Waals surface area contributed by atoms with Crippen molar-refractivity contribution in [3.8, 4) is 0 Å². The molecule has 0 aliphatic rings. The standard InChI is InChI=1S/C15H14F2NO/c1-18(2)15(19)9-14(17)12-5-3-4-10-6-7-11(16)8-13(10)12/h3-8H,9H2,1-2H3. The molecule has 0 saturated heterocycles. The first-order valence-corrected chi connectivity index (χ1v) is 5.89. The molecule has 2 aromatic carbocycles. The van der Waals surface area contributed by atoms with Gasteiger partial charge in [-0.25, -0.2) is 8.78 Å². The second-order valence-electron chi connectivity index (χ2n) is 4.54. The molecule has 0 aliphatic heterocycles. The molecule has 0 saturated carbocycles. The van der Waals surface area contributed by atoms with Crippen LogP contribution in [0.2, 0.25) is 0 Å². The quantitative estimate of drug-likeness (QED) is 0.831. The highest BCUT2D eigenvalue weighted by atomic mass is 19.1. The summed E-state index contributed by atoms with van der Waals surface area (Å²) in [6.45, 7) is 0. The summed E-state index contributed by atoms with van der Waals surface area (Å²) in [4.78, 5) is 12.8. The van der Waals surface area contributed by atoms with E-state index in [0.29, 0.717) is 5.39 Å². The van der Waals surface area contributed by atoms with Crippen molar-refractivity contribution < 1.29 is 13.6 Å². The van der Waals surface area contributed by atoms with Crippen LogP contribution in [0.1, 0.15) is 12.0 Å². The highest BCUT2D eigenvalue weighted by Gasteiger charge is 2.19. The first kappa shape index (κ1) is 13.5. The van der Waals surface area contributed by atoms with E-state index in [1.54, 1.807) is 38.4 Å². The molecule has 0 fully saturated rings. The Morgan fingerprint density at radius 2 is 1.95 bits per heavy atom. The van der Waals surface area contributed by atoms with Gasteiger partial charge in [0.15, 0.2) is 6.17 Å². The van der Waals surface area contributed by atoms with E-state index < -0.39 is 12.0 Å². The third-order valence-electron chi connectivity index (χ3n) is 2.94. The lowest BCUT2D eigenvalue weighted by molar-refractivity contribution is -0.128. The molecule has 2 rings (SSSR count). The van der Waals surface area contributed by atoms with Gasteiger partial charge in [-0.1, -0.05) is 24.3 Å². The van der Waals surface area contributed by atoms with E-state index in [0.717, 1.165) is 5.39 Å². The van der Waals surface area contributed by atoms with Crippen molar-refractivity contribution in [3.63, 3.8) is 0 Å². The van der Waals surface area contributed by atoms with Crippen LogP contribution >= 0.6 is 0 Å². The van der Waals surface area contributed by atoms with E-state index in [-0.39, 0.29) is 17.9 Å². The number of hydrogen-bond acceptors (Lipinski definition) is 1. The summed E-state index contributed by atoms with van der Waals surface area (Å²) in [7, 11) is 3.14. The molecule has 0 aromatic heterocycles. The summed E-state index contributed by atoms with van der Waals surface area (Å²) in [5.41, 5.74) is 0.271. The smallest absolute Gasteiger partial charge is 0.225 e. The predicted octanol–water partition coefficient (Wildman–Crippen LogP) is 3.31. The topological polar surface area (TPSA) is 20.3 Å². The van der Waals surface area contributed by atoms with Gasteiger partial charge in [0.25, 0.3) is 0 Å². The van der Waals surface area contributed by atoms with Gasteiger partial charge in [-0.05, 0) is 22.9 Å². The number of benzene rings is 2. The fourth-order valence-corrected chi connectivity index (χ4v) is 1.87. The molecule has 0 N–H and O–H groups in total. The number of amides is 1. The van der Waals surface area contributed by atoms with E-state index in [9.17, 15) is 13.6 Å². The van der Waals surface area contributed by atoms with Gasteiger partial charge in [0, 0.05) is 19.7 Å². The third kappa shape index (κ3) is 2.89. The molecule has 0 atom stereocenters. The Hall–Kier alpha value is -1.97. The second kappa shape index (κ2) is 5.34. The zero-order valence-corrected chi connectivity index (χ0v) is 10.8. The Morgan fingerprint density at radius 1 is 1.21 bits per heavy atom. The van der Waals surface area contributed by atoms with Gasteiger partial charge in [-0.15, -0.1) is 0 Å². The largest absolute Gasteiger partial charge is 0.349 e. The summed E-state index contributed by atoms with van der Waals surface area (Å²) in [6, 6.07) is 9.23. The fourth-order valence-electron chi connectivity index (χ4n) is 1.87. The monoisotopic (exact) mass is 262 g/mol. The fraction of sp³-hybridized carbons (Fsp3) is 0.200. The lowest BCUT2D eigenvalue weighted by Crippen LogP contribution is -2.23. The van der Waals surface area contributed by atoms with E-state index in [1.165, 1.54) is 17.0 Å². The maximum atomic E-state index is 14.2. The molecule has 2 aromatic rings. The summed E-state index contributed by atoms with van der Waals surface area (Å²) in [5.74, 6) is -0.752. The number of rotatable bonds is 3. The molecule has 1 radical (unpaired) electrons. The minimum atomic E-state index is -0.546. The maximum Gasteiger partial charge on any atom is 0.225 e. The number of fused-ring (bicyclic) bond motifs is 1. The number of halogens is 2. The predicted molar refractivity (Wildman–Crippen MR) is 70.7 cm³/mol. The average Bonchev–Trinajstić information content (AvgIpc) is 2.37. The Morgan fingerprint density at radius 3 is 2.63 bits per heavy atom. The van der Waals surface area contributed by atoms with Gasteiger partial charge in [0.2, 0.25) is 5.91 Å². The zero-order chi connectivity index (χ0) is 14.0. The molecule has 0 bridgehead atoms. The molecule has 19 heavy (non-hydrogen) atoms. The molecule has 99 valence electrons. The second-order valence-corrected chi connectivity index (χ2v) is 4.54.